The molecule has 1 aromatic carbocycles. The summed E-state index contributed by atoms with van der Waals surface area (Å²) in [6.07, 6.45) is -0.880. The average molecular weight is 257 g/mol. The number of hydrogen-bond donors (Lipinski definition) is 1. The van der Waals surface area contributed by atoms with Gasteiger partial charge in [0.15, 0.2) is 11.9 Å². The van der Waals surface area contributed by atoms with Crippen LogP contribution < -0.4 is 4.74 Å². The number of ether oxygens (including phenoxy) is 1. The highest BCUT2D eigenvalue weighted by atomic mass is 35.5. The molecular weight excluding hydrogens is 240 g/mol. The van der Waals surface area contributed by atoms with Crippen molar-refractivity contribution in [1.82, 2.24) is 0 Å². The summed E-state index contributed by atoms with van der Waals surface area (Å²) in [4.78, 5) is 12.0. The van der Waals surface area contributed by atoms with Gasteiger partial charge in [-0.05, 0) is 12.1 Å². The van der Waals surface area contributed by atoms with Crippen molar-refractivity contribution in [3.05, 3.63) is 29.3 Å². The number of carbonyl (C=O) groups excluding carboxylic acids is 1. The van der Waals surface area contributed by atoms with Crippen LogP contribution in [0.15, 0.2) is 24.3 Å². The second kappa shape index (κ2) is 5.52. The third-order valence-corrected chi connectivity index (χ3v) is 2.62. The molecule has 0 bridgehead atoms. The number of ketones is 1. The minimum atomic E-state index is -0.880. The van der Waals surface area contributed by atoms with Crippen LogP contribution in [0.4, 0.5) is 0 Å². The van der Waals surface area contributed by atoms with E-state index in [4.69, 9.17) is 16.3 Å². The summed E-state index contributed by atoms with van der Waals surface area (Å²) < 4.78 is 5.45. The first-order chi connectivity index (χ1) is 7.86. The van der Waals surface area contributed by atoms with Crippen LogP contribution in [0.3, 0.4) is 0 Å². The van der Waals surface area contributed by atoms with E-state index < -0.39 is 11.5 Å². The molecule has 94 valence electrons. The summed E-state index contributed by atoms with van der Waals surface area (Å²) in [5, 5.41) is 9.65. The summed E-state index contributed by atoms with van der Waals surface area (Å²) in [7, 11) is 0. The van der Waals surface area contributed by atoms with Gasteiger partial charge in [0.25, 0.3) is 0 Å². The SMILES string of the molecule is CC(C)(C)C(=O)C(CO)Oc1ccccc1Cl. The fraction of sp³-hybridized carbons (Fsp3) is 0.462. The Hall–Kier alpha value is -1.06. The van der Waals surface area contributed by atoms with Gasteiger partial charge in [-0.2, -0.15) is 0 Å². The number of halogens is 1. The molecule has 4 heteroatoms. The fourth-order valence-corrected chi connectivity index (χ4v) is 1.53. The van der Waals surface area contributed by atoms with Crippen LogP contribution in [0.25, 0.3) is 0 Å². The third-order valence-electron chi connectivity index (χ3n) is 2.30. The second-order valence-corrected chi connectivity index (χ2v) is 5.24. The minimum Gasteiger partial charge on any atom is -0.479 e. The summed E-state index contributed by atoms with van der Waals surface area (Å²) in [6, 6.07) is 6.87. The van der Waals surface area contributed by atoms with Gasteiger partial charge < -0.3 is 9.84 Å². The molecule has 1 unspecified atom stereocenters. The quantitative estimate of drug-likeness (QED) is 0.901. The molecule has 0 amide bonds. The van der Waals surface area contributed by atoms with Crippen molar-refractivity contribution in [2.24, 2.45) is 5.41 Å². The van der Waals surface area contributed by atoms with Crippen molar-refractivity contribution in [2.75, 3.05) is 6.61 Å². The molecule has 1 aromatic rings. The minimum absolute atomic E-state index is 0.153. The molecule has 0 aliphatic rings. The van der Waals surface area contributed by atoms with Gasteiger partial charge >= 0.3 is 0 Å². The van der Waals surface area contributed by atoms with Crippen LogP contribution >= 0.6 is 11.6 Å². The highest BCUT2D eigenvalue weighted by molar-refractivity contribution is 6.32. The summed E-state index contributed by atoms with van der Waals surface area (Å²) in [5.41, 5.74) is -0.561. The zero-order chi connectivity index (χ0) is 13.1. The number of aliphatic hydroxyl groups is 1. The Morgan fingerprint density at radius 2 is 2.00 bits per heavy atom. The third kappa shape index (κ3) is 3.72. The Bertz CT molecular complexity index is 396. The molecule has 0 heterocycles. The second-order valence-electron chi connectivity index (χ2n) is 4.83. The van der Waals surface area contributed by atoms with E-state index in [0.29, 0.717) is 10.8 Å². The van der Waals surface area contributed by atoms with E-state index in [-0.39, 0.29) is 12.4 Å². The number of para-hydroxylation sites is 1. The summed E-state index contributed by atoms with van der Waals surface area (Å²) >= 11 is 5.93. The lowest BCUT2D eigenvalue weighted by atomic mass is 9.88. The van der Waals surface area contributed by atoms with Crippen molar-refractivity contribution in [3.8, 4) is 5.75 Å². The zero-order valence-corrected chi connectivity index (χ0v) is 11.0. The topological polar surface area (TPSA) is 46.5 Å². The van der Waals surface area contributed by atoms with Crippen LogP contribution in [-0.4, -0.2) is 23.6 Å². The molecule has 0 fully saturated rings. The predicted octanol–water partition coefficient (Wildman–Crippen LogP) is 2.69. The van der Waals surface area contributed by atoms with Crippen LogP contribution in [-0.2, 0) is 4.79 Å². The summed E-state index contributed by atoms with van der Waals surface area (Å²) in [5.74, 6) is 0.255. The molecule has 0 aliphatic heterocycles. The van der Waals surface area contributed by atoms with E-state index in [9.17, 15) is 9.90 Å². The van der Waals surface area contributed by atoms with Crippen LogP contribution in [0.2, 0.25) is 5.02 Å². The standard InChI is InChI=1S/C13H17ClO3/c1-13(2,3)12(16)11(8-15)17-10-7-5-4-6-9(10)14/h4-7,11,15H,8H2,1-3H3. The lowest BCUT2D eigenvalue weighted by Gasteiger charge is -2.24. The smallest absolute Gasteiger partial charge is 0.180 e. The van der Waals surface area contributed by atoms with Gasteiger partial charge in [-0.15, -0.1) is 0 Å². The zero-order valence-electron chi connectivity index (χ0n) is 10.2. The molecule has 1 N–H and O–H groups in total. The highest BCUT2D eigenvalue weighted by Gasteiger charge is 2.31. The van der Waals surface area contributed by atoms with Crippen molar-refractivity contribution in [1.29, 1.82) is 0 Å². The normalized spacial score (nSPS) is 13.2. The van der Waals surface area contributed by atoms with Gasteiger partial charge in [0, 0.05) is 5.41 Å². The Morgan fingerprint density at radius 1 is 1.41 bits per heavy atom. The molecule has 0 saturated heterocycles. The maximum atomic E-state index is 12.0. The molecule has 0 spiro atoms. The Morgan fingerprint density at radius 3 is 2.47 bits per heavy atom. The van der Waals surface area contributed by atoms with Gasteiger partial charge in [-0.3, -0.25) is 4.79 Å². The van der Waals surface area contributed by atoms with E-state index in [1.807, 2.05) is 0 Å². The molecule has 3 nitrogen and oxygen atoms in total. The maximum Gasteiger partial charge on any atom is 0.180 e. The molecule has 1 atom stereocenters. The Labute approximate surface area is 106 Å². The lowest BCUT2D eigenvalue weighted by Crippen LogP contribution is -2.39. The first kappa shape index (κ1) is 14.0. The molecular formula is C13H17ClO3. The van der Waals surface area contributed by atoms with Crippen molar-refractivity contribution >= 4 is 17.4 Å². The molecule has 0 aromatic heterocycles. The van der Waals surface area contributed by atoms with E-state index in [0.717, 1.165) is 0 Å². The highest BCUT2D eigenvalue weighted by Crippen LogP contribution is 2.26. The fourth-order valence-electron chi connectivity index (χ4n) is 1.35. The van der Waals surface area contributed by atoms with Crippen LogP contribution in [0.5, 0.6) is 5.75 Å². The van der Waals surface area contributed by atoms with Crippen molar-refractivity contribution in [2.45, 2.75) is 26.9 Å². The first-order valence-corrected chi connectivity index (χ1v) is 5.80. The number of Topliss-reactive ketones (excluding diaryl/α,β-unsaturated/α-hetero) is 1. The number of hydrogen-bond acceptors (Lipinski definition) is 3. The lowest BCUT2D eigenvalue weighted by molar-refractivity contribution is -0.135. The molecule has 0 saturated carbocycles. The van der Waals surface area contributed by atoms with Gasteiger partial charge in [0.2, 0.25) is 0 Å². The Balaban J connectivity index is 2.85. The van der Waals surface area contributed by atoms with Crippen molar-refractivity contribution < 1.29 is 14.6 Å². The molecule has 0 aliphatic carbocycles. The van der Waals surface area contributed by atoms with E-state index in [1.165, 1.54) is 0 Å². The van der Waals surface area contributed by atoms with Crippen molar-refractivity contribution in [3.63, 3.8) is 0 Å². The number of benzene rings is 1. The first-order valence-electron chi connectivity index (χ1n) is 5.42. The van der Waals surface area contributed by atoms with Gasteiger partial charge in [-0.1, -0.05) is 44.5 Å². The Kier molecular flexibility index (Phi) is 4.54. The van der Waals surface area contributed by atoms with Crippen LogP contribution in [0, 0.1) is 5.41 Å². The summed E-state index contributed by atoms with van der Waals surface area (Å²) in [6.45, 7) is 5.00. The number of rotatable bonds is 4. The number of carbonyl (C=O) groups is 1. The van der Waals surface area contributed by atoms with Crippen LogP contribution in [0.1, 0.15) is 20.8 Å². The predicted molar refractivity (Wildman–Crippen MR) is 67.4 cm³/mol. The van der Waals surface area contributed by atoms with Gasteiger partial charge in [0.05, 0.1) is 11.6 Å². The average Bonchev–Trinajstić information content (AvgIpc) is 2.26. The number of aliphatic hydroxyl groups excluding tert-OH is 1. The monoisotopic (exact) mass is 256 g/mol. The largest absolute Gasteiger partial charge is 0.479 e. The molecule has 1 rings (SSSR count). The van der Waals surface area contributed by atoms with Gasteiger partial charge in [-0.25, -0.2) is 0 Å². The molecule has 0 radical (unpaired) electrons. The van der Waals surface area contributed by atoms with E-state index in [1.54, 1.807) is 45.0 Å². The maximum absolute atomic E-state index is 12.0. The van der Waals surface area contributed by atoms with E-state index >= 15 is 0 Å². The van der Waals surface area contributed by atoms with Gasteiger partial charge in [0.1, 0.15) is 5.75 Å². The van der Waals surface area contributed by atoms with E-state index in [2.05, 4.69) is 0 Å². The molecule has 17 heavy (non-hydrogen) atoms.